The molecule has 0 radical (unpaired) electrons. The molecule has 0 saturated carbocycles. The van der Waals surface area contributed by atoms with Gasteiger partial charge in [-0.2, -0.15) is 0 Å². The van der Waals surface area contributed by atoms with Crippen molar-refractivity contribution in [1.29, 1.82) is 0 Å². The molecule has 0 aliphatic carbocycles. The smallest absolute Gasteiger partial charge is 0.261 e. The van der Waals surface area contributed by atoms with E-state index in [0.717, 1.165) is 0 Å². The summed E-state index contributed by atoms with van der Waals surface area (Å²) in [5, 5.41) is 2.82. The fraction of sp³-hybridized carbons (Fsp3) is 0. The predicted octanol–water partition coefficient (Wildman–Crippen LogP) is 2.91. The van der Waals surface area contributed by atoms with Crippen molar-refractivity contribution in [2.24, 2.45) is 0 Å². The van der Waals surface area contributed by atoms with E-state index in [-0.39, 0.29) is 15.5 Å². The summed E-state index contributed by atoms with van der Waals surface area (Å²) >= 11 is 5.85. The van der Waals surface area contributed by atoms with Crippen molar-refractivity contribution in [2.75, 3.05) is 5.32 Å². The summed E-state index contributed by atoms with van der Waals surface area (Å²) in [5.41, 5.74) is 0.697. The van der Waals surface area contributed by atoms with Gasteiger partial charge in [-0.15, -0.1) is 0 Å². The normalized spacial score (nSPS) is 11.1. The Hall–Kier alpha value is -1.63. The molecular formula is C12H8Cl2N2O3S. The zero-order valence-electron chi connectivity index (χ0n) is 9.88. The van der Waals surface area contributed by atoms with Gasteiger partial charge in [-0.05, 0) is 30.3 Å². The second-order valence-electron chi connectivity index (χ2n) is 3.77. The van der Waals surface area contributed by atoms with Crippen LogP contribution in [0.5, 0.6) is 0 Å². The van der Waals surface area contributed by atoms with E-state index in [1.165, 1.54) is 42.7 Å². The van der Waals surface area contributed by atoms with Crippen LogP contribution in [0.4, 0.5) is 5.69 Å². The number of anilines is 1. The van der Waals surface area contributed by atoms with E-state index in [1.54, 1.807) is 0 Å². The minimum atomic E-state index is -3.78. The number of carbonyl (C=O) groups is 1. The number of halogens is 2. The van der Waals surface area contributed by atoms with Crippen LogP contribution >= 0.6 is 22.3 Å². The highest BCUT2D eigenvalue weighted by molar-refractivity contribution is 8.13. The van der Waals surface area contributed by atoms with Crippen molar-refractivity contribution in [3.05, 3.63) is 53.3 Å². The van der Waals surface area contributed by atoms with Crippen LogP contribution in [0.25, 0.3) is 0 Å². The topological polar surface area (TPSA) is 76.1 Å². The zero-order valence-corrected chi connectivity index (χ0v) is 12.2. The molecule has 104 valence electrons. The lowest BCUT2D eigenvalue weighted by atomic mass is 10.2. The lowest BCUT2D eigenvalue weighted by molar-refractivity contribution is 0.102. The van der Waals surface area contributed by atoms with E-state index < -0.39 is 15.0 Å². The van der Waals surface area contributed by atoms with Gasteiger partial charge in [-0.1, -0.05) is 11.6 Å². The van der Waals surface area contributed by atoms with Crippen molar-refractivity contribution in [1.82, 2.24) is 4.98 Å². The van der Waals surface area contributed by atoms with Crippen molar-refractivity contribution in [3.63, 3.8) is 0 Å². The number of pyridine rings is 1. The molecule has 1 N–H and O–H groups in total. The first-order valence-corrected chi connectivity index (χ1v) is 8.02. The van der Waals surface area contributed by atoms with E-state index in [9.17, 15) is 13.2 Å². The van der Waals surface area contributed by atoms with Crippen molar-refractivity contribution >= 4 is 42.9 Å². The average Bonchev–Trinajstić information content (AvgIpc) is 2.38. The molecule has 20 heavy (non-hydrogen) atoms. The maximum Gasteiger partial charge on any atom is 0.261 e. The first-order valence-electron chi connectivity index (χ1n) is 5.33. The molecule has 2 aromatic rings. The van der Waals surface area contributed by atoms with Gasteiger partial charge in [-0.3, -0.25) is 9.78 Å². The number of aromatic nitrogens is 1. The largest absolute Gasteiger partial charge is 0.322 e. The molecule has 2 rings (SSSR count). The summed E-state index contributed by atoms with van der Waals surface area (Å²) in [6.07, 6.45) is 2.81. The zero-order chi connectivity index (χ0) is 14.8. The highest BCUT2D eigenvalue weighted by Crippen LogP contribution is 2.19. The minimum absolute atomic E-state index is 0.0425. The summed E-state index contributed by atoms with van der Waals surface area (Å²) in [4.78, 5) is 15.7. The molecule has 0 atom stereocenters. The van der Waals surface area contributed by atoms with Crippen LogP contribution in [0.1, 0.15) is 10.4 Å². The van der Waals surface area contributed by atoms with Crippen molar-refractivity contribution < 1.29 is 13.2 Å². The van der Waals surface area contributed by atoms with Gasteiger partial charge in [-0.25, -0.2) is 8.42 Å². The number of rotatable bonds is 3. The van der Waals surface area contributed by atoms with Crippen LogP contribution in [0.3, 0.4) is 0 Å². The van der Waals surface area contributed by atoms with Crippen LogP contribution in [0.15, 0.2) is 47.6 Å². The van der Waals surface area contributed by atoms with E-state index in [2.05, 4.69) is 10.3 Å². The fourth-order valence-electron chi connectivity index (χ4n) is 1.46. The third-order valence-corrected chi connectivity index (χ3v) is 4.08. The molecular weight excluding hydrogens is 323 g/mol. The quantitative estimate of drug-likeness (QED) is 0.878. The Balaban J connectivity index is 2.19. The van der Waals surface area contributed by atoms with E-state index >= 15 is 0 Å². The summed E-state index contributed by atoms with van der Waals surface area (Å²) in [5.74, 6) is -0.418. The Morgan fingerprint density at radius 3 is 2.35 bits per heavy atom. The molecule has 1 heterocycles. The van der Waals surface area contributed by atoms with Gasteiger partial charge in [0.1, 0.15) is 0 Å². The summed E-state index contributed by atoms with van der Waals surface area (Å²) in [7, 11) is 1.42. The lowest BCUT2D eigenvalue weighted by Crippen LogP contribution is -2.12. The van der Waals surface area contributed by atoms with Gasteiger partial charge in [0.05, 0.1) is 15.5 Å². The van der Waals surface area contributed by atoms with Gasteiger partial charge in [0.2, 0.25) is 0 Å². The predicted molar refractivity (Wildman–Crippen MR) is 76.7 cm³/mol. The monoisotopic (exact) mass is 330 g/mol. The number of benzene rings is 1. The summed E-state index contributed by atoms with van der Waals surface area (Å²) < 4.78 is 22.2. The molecule has 0 aliphatic rings. The number of carbonyl (C=O) groups excluding carboxylic acids is 1. The van der Waals surface area contributed by atoms with Crippen molar-refractivity contribution in [3.8, 4) is 0 Å². The molecule has 0 saturated heterocycles. The molecule has 1 amide bonds. The number of nitrogens with zero attached hydrogens (tertiary/aromatic N) is 1. The van der Waals surface area contributed by atoms with Gasteiger partial charge in [0.25, 0.3) is 15.0 Å². The van der Waals surface area contributed by atoms with Crippen LogP contribution < -0.4 is 5.32 Å². The van der Waals surface area contributed by atoms with Crippen LogP contribution in [0.2, 0.25) is 5.02 Å². The Labute approximate surface area is 125 Å². The number of hydrogen-bond donors (Lipinski definition) is 1. The maximum atomic E-state index is 11.9. The van der Waals surface area contributed by atoms with Gasteiger partial charge in [0.15, 0.2) is 0 Å². The summed E-state index contributed by atoms with van der Waals surface area (Å²) in [6.45, 7) is 0. The van der Waals surface area contributed by atoms with Gasteiger partial charge < -0.3 is 5.32 Å². The van der Waals surface area contributed by atoms with Crippen LogP contribution in [-0.2, 0) is 9.05 Å². The molecule has 0 aliphatic heterocycles. The Morgan fingerprint density at radius 2 is 1.80 bits per heavy atom. The minimum Gasteiger partial charge on any atom is -0.322 e. The van der Waals surface area contributed by atoms with E-state index in [4.69, 9.17) is 22.3 Å². The van der Waals surface area contributed by atoms with Crippen molar-refractivity contribution in [2.45, 2.75) is 4.90 Å². The molecule has 5 nitrogen and oxygen atoms in total. The van der Waals surface area contributed by atoms with E-state index in [0.29, 0.717) is 5.69 Å². The number of amides is 1. The Bertz CT molecular complexity index is 746. The third-order valence-electron chi connectivity index (χ3n) is 2.41. The highest BCUT2D eigenvalue weighted by Gasteiger charge is 2.12. The highest BCUT2D eigenvalue weighted by atomic mass is 35.7. The molecule has 8 heteroatoms. The first kappa shape index (κ1) is 14.8. The van der Waals surface area contributed by atoms with Crippen LogP contribution in [0, 0.1) is 0 Å². The molecule has 1 aromatic heterocycles. The molecule has 0 spiro atoms. The van der Waals surface area contributed by atoms with Gasteiger partial charge in [0, 0.05) is 28.8 Å². The number of nitrogens with one attached hydrogen (secondary N) is 1. The number of hydrogen-bond acceptors (Lipinski definition) is 4. The molecule has 0 unspecified atom stereocenters. The molecule has 1 aromatic carbocycles. The SMILES string of the molecule is O=C(Nc1ccc(S(=O)(=O)Cl)cc1)c1ccncc1Cl. The average molecular weight is 331 g/mol. The first-order chi connectivity index (χ1) is 9.38. The van der Waals surface area contributed by atoms with Crippen LogP contribution in [-0.4, -0.2) is 19.3 Å². The lowest BCUT2D eigenvalue weighted by Gasteiger charge is -2.06. The second-order valence-corrected chi connectivity index (χ2v) is 6.75. The molecule has 0 bridgehead atoms. The third kappa shape index (κ3) is 3.47. The molecule has 0 fully saturated rings. The second kappa shape index (κ2) is 5.78. The Kier molecular flexibility index (Phi) is 4.27. The summed E-state index contributed by atoms with van der Waals surface area (Å²) in [6, 6.07) is 6.94. The van der Waals surface area contributed by atoms with E-state index in [1.807, 2.05) is 0 Å². The maximum absolute atomic E-state index is 11.9. The fourth-order valence-corrected chi connectivity index (χ4v) is 2.43. The standard InChI is InChI=1S/C12H8Cl2N2O3S/c13-11-7-15-6-5-10(11)12(17)16-8-1-3-9(4-2-8)20(14,18)19/h1-7H,(H,16,17). The van der Waals surface area contributed by atoms with Gasteiger partial charge >= 0.3 is 0 Å². The Morgan fingerprint density at radius 1 is 1.15 bits per heavy atom.